The van der Waals surface area contributed by atoms with Crippen molar-refractivity contribution < 1.29 is 41.9 Å². The maximum atomic E-state index is 14.5. The molecule has 4 fully saturated rings. The average molecular weight is 1060 g/mol. The van der Waals surface area contributed by atoms with Gasteiger partial charge in [-0.3, -0.25) is 38.8 Å². The number of imide groups is 1. The summed E-state index contributed by atoms with van der Waals surface area (Å²) in [5.41, 5.74) is 9.60. The van der Waals surface area contributed by atoms with E-state index in [2.05, 4.69) is 52.1 Å². The number of hydrogen-bond donors (Lipinski definition) is 5. The molecule has 22 heteroatoms. The molecule has 3 atom stereocenters. The highest BCUT2D eigenvalue weighted by Crippen LogP contribution is 2.40. The van der Waals surface area contributed by atoms with Gasteiger partial charge < -0.3 is 36.4 Å². The van der Waals surface area contributed by atoms with Gasteiger partial charge in [-0.2, -0.15) is 18.3 Å². The molecule has 2 bridgehead atoms. The molecule has 0 aliphatic carbocycles. The number of carbonyl (C=O) groups is 6. The number of piperidine rings is 3. The second-order valence-corrected chi connectivity index (χ2v) is 20.8. The lowest BCUT2D eigenvalue weighted by Gasteiger charge is -2.38. The Bertz CT molecular complexity index is 3060. The molecule has 4 aromatic heterocycles. The van der Waals surface area contributed by atoms with Crippen molar-refractivity contribution in [2.45, 2.75) is 101 Å². The maximum Gasteiger partial charge on any atom is 0.416 e. The van der Waals surface area contributed by atoms with E-state index in [9.17, 15) is 41.9 Å². The van der Waals surface area contributed by atoms with Gasteiger partial charge in [0.1, 0.15) is 35.1 Å². The minimum atomic E-state index is -4.61. The number of nitrogen functional groups attached to an aromatic ring is 1. The van der Waals surface area contributed by atoms with Crippen molar-refractivity contribution in [3.8, 4) is 11.3 Å². The molecular formula is C55H62F3N13O6. The average Bonchev–Trinajstić information content (AvgIpc) is 4.10. The Morgan fingerprint density at radius 2 is 1.61 bits per heavy atom. The van der Waals surface area contributed by atoms with Crippen LogP contribution in [-0.4, -0.2) is 128 Å². The molecule has 6 amide bonds. The lowest BCUT2D eigenvalue weighted by molar-refractivity contribution is -0.139. The zero-order chi connectivity index (χ0) is 53.8. The first-order chi connectivity index (χ1) is 37.1. The Morgan fingerprint density at radius 1 is 0.831 bits per heavy atom. The van der Waals surface area contributed by atoms with E-state index in [1.165, 1.54) is 0 Å². The summed E-state index contributed by atoms with van der Waals surface area (Å²) in [6.45, 7) is 5.19. The number of likely N-dealkylation sites (tertiary alicyclic amines) is 2. The van der Waals surface area contributed by atoms with Crippen LogP contribution in [-0.2, 0) is 25.4 Å². The first-order valence-electron chi connectivity index (χ1n) is 26.6. The van der Waals surface area contributed by atoms with E-state index < -0.39 is 47.6 Å². The summed E-state index contributed by atoms with van der Waals surface area (Å²) in [6.07, 6.45) is 12.1. The van der Waals surface area contributed by atoms with Crippen LogP contribution in [0, 0.1) is 11.8 Å². The Hall–Kier alpha value is -7.75. The second-order valence-electron chi connectivity index (χ2n) is 20.8. The number of hydrogen-bond acceptors (Lipinski definition) is 13. The molecule has 0 saturated carbocycles. The standard InChI is InChI=1S/C55H62F3N13O6/c56-55(57,58)38-15-21-60-44(27-38)65-51(74)36-9-7-35(8-10-36)48-47-49-37(29-63-50(47)59)6-4-2-1-3-5-20-61-54(77)43-28-40(71(49)67-48)32-70(43)46(73)26-33-16-22-68(23-17-33)31-34-18-24-69(25-19-34)39-11-12-41(62-30-39)52(75)64-42-13-14-45(72)66-53(42)76/h4,6-12,15,21,27,29-30,33-34,40,42-43H,1-3,5,13-14,16-20,22-26,28,31-32H2,(H2,59,63)(H,61,77)(H,64,75)(H,60,65,74)(H,66,72,76)/b6-4+/t40-,42?,43+/m0/s1. The number of nitrogens with two attached hydrogens (primary N) is 1. The Labute approximate surface area is 442 Å². The number of fused-ring (bicyclic) bond motifs is 3. The number of anilines is 3. The first kappa shape index (κ1) is 52.7. The summed E-state index contributed by atoms with van der Waals surface area (Å²) in [5.74, 6) is -1.57. The number of alkyl halides is 3. The first-order valence-corrected chi connectivity index (χ1v) is 26.6. The Balaban J connectivity index is 0.779. The summed E-state index contributed by atoms with van der Waals surface area (Å²) in [5, 5.41) is 16.2. The summed E-state index contributed by atoms with van der Waals surface area (Å²) in [4.78, 5) is 97.5. The molecule has 404 valence electrons. The van der Waals surface area contributed by atoms with Gasteiger partial charge in [-0.25, -0.2) is 15.0 Å². The summed E-state index contributed by atoms with van der Waals surface area (Å²) < 4.78 is 41.9. The van der Waals surface area contributed by atoms with Gasteiger partial charge in [0.2, 0.25) is 23.6 Å². The third kappa shape index (κ3) is 12.1. The van der Waals surface area contributed by atoms with Crippen LogP contribution in [0.25, 0.3) is 28.2 Å². The predicted molar refractivity (Wildman–Crippen MR) is 281 cm³/mol. The summed E-state index contributed by atoms with van der Waals surface area (Å²) in [7, 11) is 0. The number of rotatable bonds is 10. The number of nitrogens with zero attached hydrogens (tertiary/aromatic N) is 8. The minimum absolute atomic E-state index is 0.0655. The van der Waals surface area contributed by atoms with Gasteiger partial charge in [0.15, 0.2) is 0 Å². The van der Waals surface area contributed by atoms with Gasteiger partial charge in [0, 0.05) is 81.1 Å². The van der Waals surface area contributed by atoms with Gasteiger partial charge in [-0.05, 0) is 113 Å². The van der Waals surface area contributed by atoms with Crippen LogP contribution >= 0.6 is 0 Å². The van der Waals surface area contributed by atoms with Crippen molar-refractivity contribution in [1.29, 1.82) is 0 Å². The number of carbonyl (C=O) groups excluding carboxylic acids is 6. The van der Waals surface area contributed by atoms with E-state index in [1.54, 1.807) is 47.6 Å². The third-order valence-corrected chi connectivity index (χ3v) is 15.6. The van der Waals surface area contributed by atoms with Gasteiger partial charge in [0.25, 0.3) is 11.8 Å². The molecule has 19 nitrogen and oxygen atoms in total. The lowest BCUT2D eigenvalue weighted by atomic mass is 9.90. The molecule has 6 N–H and O–H groups in total. The van der Waals surface area contributed by atoms with E-state index in [-0.39, 0.29) is 65.9 Å². The van der Waals surface area contributed by atoms with Gasteiger partial charge >= 0.3 is 6.18 Å². The number of halogens is 3. The number of aromatic nitrogens is 5. The molecule has 1 aromatic carbocycles. The van der Waals surface area contributed by atoms with Crippen molar-refractivity contribution in [2.24, 2.45) is 11.8 Å². The van der Waals surface area contributed by atoms with E-state index in [1.807, 2.05) is 16.8 Å². The highest BCUT2D eigenvalue weighted by molar-refractivity contribution is 6.06. The Morgan fingerprint density at radius 3 is 2.35 bits per heavy atom. The van der Waals surface area contributed by atoms with Crippen LogP contribution < -0.4 is 31.9 Å². The van der Waals surface area contributed by atoms with E-state index in [4.69, 9.17) is 10.8 Å². The highest BCUT2D eigenvalue weighted by atomic mass is 19.4. The van der Waals surface area contributed by atoms with E-state index >= 15 is 0 Å². The third-order valence-electron chi connectivity index (χ3n) is 15.6. The van der Waals surface area contributed by atoms with Crippen LogP contribution in [0.5, 0.6) is 0 Å². The van der Waals surface area contributed by atoms with Crippen molar-refractivity contribution in [3.63, 3.8) is 0 Å². The largest absolute Gasteiger partial charge is 0.416 e. The highest BCUT2D eigenvalue weighted by Gasteiger charge is 2.43. The fraction of sp³-hybridized carbons (Fsp3) is 0.455. The fourth-order valence-electron chi connectivity index (χ4n) is 11.3. The van der Waals surface area contributed by atoms with Crippen LogP contribution in [0.3, 0.4) is 0 Å². The predicted octanol–water partition coefficient (Wildman–Crippen LogP) is 6.14. The zero-order valence-electron chi connectivity index (χ0n) is 42.6. The molecule has 10 rings (SSSR count). The molecule has 5 aromatic rings. The maximum absolute atomic E-state index is 14.5. The van der Waals surface area contributed by atoms with Crippen LogP contribution in [0.4, 0.5) is 30.5 Å². The molecule has 0 spiro atoms. The fourth-order valence-corrected chi connectivity index (χ4v) is 11.3. The normalized spacial score (nSPS) is 21.7. The minimum Gasteiger partial charge on any atom is -0.383 e. The molecule has 5 aliphatic heterocycles. The molecule has 0 radical (unpaired) electrons. The summed E-state index contributed by atoms with van der Waals surface area (Å²) in [6, 6.07) is 9.70. The quantitative estimate of drug-likeness (QED) is 0.0989. The van der Waals surface area contributed by atoms with E-state index in [0.29, 0.717) is 47.5 Å². The van der Waals surface area contributed by atoms with Gasteiger partial charge in [-0.15, -0.1) is 0 Å². The van der Waals surface area contributed by atoms with Crippen molar-refractivity contribution >= 4 is 69.7 Å². The lowest BCUT2D eigenvalue weighted by Crippen LogP contribution is -2.52. The Kier molecular flexibility index (Phi) is 15.6. The van der Waals surface area contributed by atoms with Crippen molar-refractivity contribution in [3.05, 3.63) is 95.6 Å². The van der Waals surface area contributed by atoms with Crippen LogP contribution in [0.15, 0.2) is 73.2 Å². The number of allylic oxidation sites excluding steroid dienone is 1. The molecule has 5 aliphatic rings. The number of pyridine rings is 3. The molecular weight excluding hydrogens is 996 g/mol. The molecule has 77 heavy (non-hydrogen) atoms. The van der Waals surface area contributed by atoms with Crippen LogP contribution in [0.2, 0.25) is 0 Å². The van der Waals surface area contributed by atoms with Gasteiger partial charge in [0.05, 0.1) is 34.4 Å². The topological polar surface area (TPSA) is 243 Å². The number of amides is 6. The monoisotopic (exact) mass is 1060 g/mol. The second kappa shape index (κ2) is 22.8. The number of benzene rings is 1. The molecule has 9 heterocycles. The van der Waals surface area contributed by atoms with Gasteiger partial charge in [-0.1, -0.05) is 30.7 Å². The summed E-state index contributed by atoms with van der Waals surface area (Å²) >= 11 is 0. The SMILES string of the molecule is Nc1ncc2c3c1c(-c1ccc(C(=O)Nc4cc(C(F)(F)F)ccn4)cc1)nn3[C@H]1C[C@H](C(=O)NCCCCC/C=C/2)N(C(=O)CC2CCN(CC3CCN(c4ccc(C(=O)NC5CCC(=O)NC5=O)nc4)CC3)CC2)C1. The molecule has 1 unspecified atom stereocenters. The zero-order valence-corrected chi connectivity index (χ0v) is 42.6. The van der Waals surface area contributed by atoms with Crippen molar-refractivity contribution in [1.82, 2.24) is 50.5 Å². The van der Waals surface area contributed by atoms with E-state index in [0.717, 1.165) is 114 Å². The van der Waals surface area contributed by atoms with Crippen molar-refractivity contribution in [2.75, 3.05) is 61.8 Å². The smallest absolute Gasteiger partial charge is 0.383 e. The molecule has 4 saturated heterocycles. The number of nitrogens with one attached hydrogen (secondary N) is 4. The van der Waals surface area contributed by atoms with Crippen LogP contribution in [0.1, 0.15) is 115 Å².